The maximum Gasteiger partial charge on any atom is 0.332 e. The lowest BCUT2D eigenvalue weighted by molar-refractivity contribution is 0.209. The second-order valence-corrected chi connectivity index (χ2v) is 8.54. The molecule has 0 aliphatic carbocycles. The van der Waals surface area contributed by atoms with Crippen LogP contribution < -0.4 is 31.7 Å². The monoisotopic (exact) mass is 482 g/mol. The second kappa shape index (κ2) is 9.83. The van der Waals surface area contributed by atoms with Crippen LogP contribution in [0.3, 0.4) is 0 Å². The summed E-state index contributed by atoms with van der Waals surface area (Å²) in [7, 11) is 3.02. The van der Waals surface area contributed by atoms with Gasteiger partial charge < -0.3 is 25.5 Å². The van der Waals surface area contributed by atoms with Crippen molar-refractivity contribution in [2.75, 3.05) is 46.7 Å². The number of benzene rings is 2. The van der Waals surface area contributed by atoms with Crippen molar-refractivity contribution in [2.45, 2.75) is 20.1 Å². The Kier molecular flexibility index (Phi) is 6.83. The van der Waals surface area contributed by atoms with Gasteiger partial charge in [-0.25, -0.2) is 9.18 Å². The molecule has 1 atom stereocenters. The molecule has 3 aromatic rings. The minimum absolute atomic E-state index is 0.116. The first-order valence-electron chi connectivity index (χ1n) is 11.6. The highest BCUT2D eigenvalue weighted by Crippen LogP contribution is 2.29. The molecule has 10 heteroatoms. The standard InChI is InChI=1S/C25H31FN6O3/c1-5-31(6-2)20-11-10-17(13-19(20)26)16-8-7-9-18(12-16)28-21(33)14-32-15-27-23-22(32)24(34)30(4)25(35)29(23)3/h7-13,21,27-28,33H,5-6,14-15H2,1-4H3. The number of nitrogens with one attached hydrogen (secondary N) is 2. The summed E-state index contributed by atoms with van der Waals surface area (Å²) in [4.78, 5) is 28.5. The third-order valence-corrected chi connectivity index (χ3v) is 6.37. The number of fused-ring (bicyclic) bond motifs is 1. The van der Waals surface area contributed by atoms with E-state index < -0.39 is 17.5 Å². The summed E-state index contributed by atoms with van der Waals surface area (Å²) in [5.74, 6) is 0.156. The molecule has 1 unspecified atom stereocenters. The molecule has 2 heterocycles. The molecule has 35 heavy (non-hydrogen) atoms. The molecule has 2 aromatic carbocycles. The zero-order valence-corrected chi connectivity index (χ0v) is 20.4. The van der Waals surface area contributed by atoms with E-state index in [0.717, 1.165) is 28.8 Å². The largest absolute Gasteiger partial charge is 0.372 e. The maximum absolute atomic E-state index is 14.8. The van der Waals surface area contributed by atoms with Gasteiger partial charge in [0.15, 0.2) is 0 Å². The number of aromatic nitrogens is 2. The Morgan fingerprint density at radius 3 is 2.49 bits per heavy atom. The molecule has 4 rings (SSSR count). The van der Waals surface area contributed by atoms with Crippen molar-refractivity contribution < 1.29 is 9.50 Å². The number of nitrogens with zero attached hydrogens (tertiary/aromatic N) is 4. The van der Waals surface area contributed by atoms with Gasteiger partial charge in [-0.15, -0.1) is 0 Å². The fourth-order valence-corrected chi connectivity index (χ4v) is 4.46. The van der Waals surface area contributed by atoms with Crippen molar-refractivity contribution in [1.82, 2.24) is 9.13 Å². The lowest BCUT2D eigenvalue weighted by atomic mass is 10.0. The van der Waals surface area contributed by atoms with Crippen molar-refractivity contribution in [2.24, 2.45) is 14.1 Å². The van der Waals surface area contributed by atoms with Gasteiger partial charge in [-0.3, -0.25) is 13.9 Å². The Morgan fingerprint density at radius 1 is 1.09 bits per heavy atom. The van der Waals surface area contributed by atoms with Gasteiger partial charge in [-0.05, 0) is 49.2 Å². The number of halogens is 1. The normalized spacial score (nSPS) is 13.4. The van der Waals surface area contributed by atoms with E-state index in [2.05, 4.69) is 10.6 Å². The van der Waals surface area contributed by atoms with Crippen LogP contribution in [0.4, 0.5) is 27.3 Å². The number of anilines is 4. The summed E-state index contributed by atoms with van der Waals surface area (Å²) in [6.07, 6.45) is -0.998. The van der Waals surface area contributed by atoms with Gasteiger partial charge in [0.2, 0.25) is 0 Å². The molecule has 0 spiro atoms. The Hall–Kier alpha value is -3.79. The summed E-state index contributed by atoms with van der Waals surface area (Å²) < 4.78 is 17.2. The van der Waals surface area contributed by atoms with E-state index in [-0.39, 0.29) is 12.4 Å². The van der Waals surface area contributed by atoms with Crippen LogP contribution in [0.5, 0.6) is 0 Å². The van der Waals surface area contributed by atoms with Gasteiger partial charge >= 0.3 is 5.69 Å². The number of rotatable bonds is 8. The number of aliphatic hydroxyl groups is 1. The quantitative estimate of drug-likeness (QED) is 0.425. The smallest absolute Gasteiger partial charge is 0.332 e. The highest BCUT2D eigenvalue weighted by molar-refractivity contribution is 5.72. The highest BCUT2D eigenvalue weighted by atomic mass is 19.1. The molecule has 0 bridgehead atoms. The van der Waals surface area contributed by atoms with Crippen LogP contribution in [0.25, 0.3) is 11.1 Å². The first-order valence-corrected chi connectivity index (χ1v) is 11.6. The van der Waals surface area contributed by atoms with Crippen molar-refractivity contribution in [3.63, 3.8) is 0 Å². The van der Waals surface area contributed by atoms with Crippen LogP contribution in [-0.4, -0.2) is 46.8 Å². The van der Waals surface area contributed by atoms with Crippen LogP contribution in [-0.2, 0) is 14.1 Å². The van der Waals surface area contributed by atoms with Gasteiger partial charge in [-0.1, -0.05) is 18.2 Å². The molecule has 1 aliphatic rings. The average Bonchev–Trinajstić information content (AvgIpc) is 3.26. The summed E-state index contributed by atoms with van der Waals surface area (Å²) in [6, 6.07) is 12.6. The zero-order valence-electron chi connectivity index (χ0n) is 20.4. The predicted octanol–water partition coefficient (Wildman–Crippen LogP) is 2.36. The van der Waals surface area contributed by atoms with E-state index >= 15 is 0 Å². The van der Waals surface area contributed by atoms with Crippen LogP contribution in [0, 0.1) is 5.82 Å². The van der Waals surface area contributed by atoms with E-state index in [0.29, 0.717) is 29.5 Å². The molecule has 3 N–H and O–H groups in total. The van der Waals surface area contributed by atoms with E-state index in [1.54, 1.807) is 18.0 Å². The van der Waals surface area contributed by atoms with Crippen molar-refractivity contribution >= 4 is 22.9 Å². The zero-order chi connectivity index (χ0) is 25.3. The van der Waals surface area contributed by atoms with Crippen molar-refractivity contribution in [3.8, 4) is 11.1 Å². The number of hydrogen-bond acceptors (Lipinski definition) is 7. The van der Waals surface area contributed by atoms with Gasteiger partial charge in [-0.2, -0.15) is 0 Å². The number of hydrogen-bond donors (Lipinski definition) is 3. The van der Waals surface area contributed by atoms with E-state index in [9.17, 15) is 19.1 Å². The first-order chi connectivity index (χ1) is 16.7. The fourth-order valence-electron chi connectivity index (χ4n) is 4.46. The third-order valence-electron chi connectivity index (χ3n) is 6.37. The minimum atomic E-state index is -0.998. The Labute approximate surface area is 203 Å². The first kappa shape index (κ1) is 24.3. The summed E-state index contributed by atoms with van der Waals surface area (Å²) in [5.41, 5.74) is 2.28. The number of aliphatic hydroxyl groups excluding tert-OH is 1. The van der Waals surface area contributed by atoms with Gasteiger partial charge in [0.1, 0.15) is 23.6 Å². The molecule has 0 amide bonds. The van der Waals surface area contributed by atoms with Crippen LogP contribution in [0.2, 0.25) is 0 Å². The SMILES string of the molecule is CCN(CC)c1ccc(-c2cccc(NC(O)CN3CNc4c3c(=O)n(C)c(=O)n4C)c2)cc1F. The molecular formula is C25H31FN6O3. The average molecular weight is 483 g/mol. The lowest BCUT2D eigenvalue weighted by Gasteiger charge is -2.23. The molecule has 1 aromatic heterocycles. The van der Waals surface area contributed by atoms with Crippen molar-refractivity contribution in [3.05, 3.63) is 69.1 Å². The second-order valence-electron chi connectivity index (χ2n) is 8.54. The van der Waals surface area contributed by atoms with Gasteiger partial charge in [0.05, 0.1) is 18.9 Å². The fraction of sp³-hybridized carbons (Fsp3) is 0.360. The molecule has 1 aliphatic heterocycles. The highest BCUT2D eigenvalue weighted by Gasteiger charge is 2.28. The Bertz CT molecular complexity index is 1350. The molecule has 186 valence electrons. The van der Waals surface area contributed by atoms with Crippen LogP contribution in [0.15, 0.2) is 52.1 Å². The molecule has 0 fully saturated rings. The Morgan fingerprint density at radius 2 is 1.80 bits per heavy atom. The van der Waals surface area contributed by atoms with Gasteiger partial charge in [0, 0.05) is 32.9 Å². The lowest BCUT2D eigenvalue weighted by Crippen LogP contribution is -2.42. The summed E-state index contributed by atoms with van der Waals surface area (Å²) >= 11 is 0. The topological polar surface area (TPSA) is 94.8 Å². The number of β-amino-alcohol motifs (C(OH)–C–C–N with tert-alkyl or cyclic N) is 1. The van der Waals surface area contributed by atoms with E-state index in [4.69, 9.17) is 0 Å². The van der Waals surface area contributed by atoms with Crippen molar-refractivity contribution in [1.29, 1.82) is 0 Å². The predicted molar refractivity (Wildman–Crippen MR) is 138 cm³/mol. The molecule has 0 radical (unpaired) electrons. The van der Waals surface area contributed by atoms with Crippen LogP contribution >= 0.6 is 0 Å². The maximum atomic E-state index is 14.8. The molecule has 0 saturated heterocycles. The van der Waals surface area contributed by atoms with E-state index in [1.807, 2.05) is 49.1 Å². The minimum Gasteiger partial charge on any atom is -0.372 e. The van der Waals surface area contributed by atoms with Gasteiger partial charge in [0.25, 0.3) is 5.56 Å². The molecule has 9 nitrogen and oxygen atoms in total. The summed E-state index contributed by atoms with van der Waals surface area (Å²) in [6.45, 7) is 5.84. The van der Waals surface area contributed by atoms with Crippen LogP contribution in [0.1, 0.15) is 13.8 Å². The molecule has 0 saturated carbocycles. The summed E-state index contributed by atoms with van der Waals surface area (Å²) in [5, 5.41) is 16.8. The van der Waals surface area contributed by atoms with E-state index in [1.165, 1.54) is 17.7 Å². The molecular weight excluding hydrogens is 451 g/mol. The Balaban J connectivity index is 1.51. The third kappa shape index (κ3) is 4.61.